The molecule has 0 saturated carbocycles. The van der Waals surface area contributed by atoms with Gasteiger partial charge in [0.15, 0.2) is 0 Å². The van der Waals surface area contributed by atoms with E-state index in [-0.39, 0.29) is 11.5 Å². The maximum absolute atomic E-state index is 12.5. The van der Waals surface area contributed by atoms with Crippen LogP contribution in [0.1, 0.15) is 16.2 Å². The molecule has 0 spiro atoms. The van der Waals surface area contributed by atoms with E-state index in [1.807, 2.05) is 17.7 Å². The van der Waals surface area contributed by atoms with Crippen LogP contribution in [0.15, 0.2) is 48.9 Å². The van der Waals surface area contributed by atoms with Gasteiger partial charge in [0.25, 0.3) is 5.91 Å². The van der Waals surface area contributed by atoms with Gasteiger partial charge in [0.05, 0.1) is 24.0 Å². The van der Waals surface area contributed by atoms with Crippen LogP contribution in [0.4, 0.5) is 5.69 Å². The minimum Gasteiger partial charge on any atom is -0.496 e. The van der Waals surface area contributed by atoms with Gasteiger partial charge in [0.2, 0.25) is 0 Å². The van der Waals surface area contributed by atoms with Crippen LogP contribution in [-0.4, -0.2) is 27.6 Å². The van der Waals surface area contributed by atoms with Gasteiger partial charge in [-0.15, -0.1) is 0 Å². The number of carbonyl (C=O) groups excluding carboxylic acids is 1. The molecule has 6 nitrogen and oxygen atoms in total. The summed E-state index contributed by atoms with van der Waals surface area (Å²) in [7, 11) is 1.49. The number of pyridine rings is 1. The van der Waals surface area contributed by atoms with Gasteiger partial charge in [0, 0.05) is 12.4 Å². The first kappa shape index (κ1) is 16.0. The van der Waals surface area contributed by atoms with E-state index >= 15 is 0 Å². The number of amides is 1. The Morgan fingerprint density at radius 1 is 1.25 bits per heavy atom. The van der Waals surface area contributed by atoms with Crippen molar-refractivity contribution in [2.45, 2.75) is 6.92 Å². The molecule has 0 saturated heterocycles. The van der Waals surface area contributed by atoms with Crippen molar-refractivity contribution in [3.63, 3.8) is 0 Å². The van der Waals surface area contributed by atoms with Crippen LogP contribution >= 0.6 is 11.6 Å². The van der Waals surface area contributed by atoms with Crippen LogP contribution in [-0.2, 0) is 0 Å². The third kappa shape index (κ3) is 3.09. The van der Waals surface area contributed by atoms with Gasteiger partial charge >= 0.3 is 0 Å². The number of aromatic nitrogens is 3. The number of benzene rings is 1. The van der Waals surface area contributed by atoms with E-state index in [0.717, 1.165) is 11.6 Å². The van der Waals surface area contributed by atoms with Crippen molar-refractivity contribution in [2.24, 2.45) is 0 Å². The maximum Gasteiger partial charge on any atom is 0.260 e. The molecular formula is C17H15ClN4O2. The topological polar surface area (TPSA) is 69.0 Å². The summed E-state index contributed by atoms with van der Waals surface area (Å²) in [5.74, 6) is 1.61. The zero-order valence-electron chi connectivity index (χ0n) is 13.2. The first-order valence-electron chi connectivity index (χ1n) is 7.20. The number of nitrogens with one attached hydrogen (secondary N) is 1. The van der Waals surface area contributed by atoms with Gasteiger partial charge in [-0.05, 0) is 31.2 Å². The zero-order valence-corrected chi connectivity index (χ0v) is 13.9. The van der Waals surface area contributed by atoms with Crippen LogP contribution in [0.5, 0.6) is 5.75 Å². The Kier molecular flexibility index (Phi) is 4.48. The fourth-order valence-corrected chi connectivity index (χ4v) is 2.56. The van der Waals surface area contributed by atoms with Gasteiger partial charge in [-0.1, -0.05) is 17.7 Å². The lowest BCUT2D eigenvalue weighted by atomic mass is 10.2. The summed E-state index contributed by atoms with van der Waals surface area (Å²) in [5, 5.41) is 3.09. The van der Waals surface area contributed by atoms with E-state index in [1.165, 1.54) is 7.11 Å². The Hall–Kier alpha value is -2.86. The molecule has 0 aliphatic rings. The largest absolute Gasteiger partial charge is 0.496 e. The van der Waals surface area contributed by atoms with Gasteiger partial charge in [-0.3, -0.25) is 9.36 Å². The predicted octanol–water partition coefficient (Wildman–Crippen LogP) is 3.49. The molecule has 1 aromatic carbocycles. The average molecular weight is 343 g/mol. The second-order valence-corrected chi connectivity index (χ2v) is 5.43. The van der Waals surface area contributed by atoms with Crippen molar-refractivity contribution in [1.82, 2.24) is 14.5 Å². The Morgan fingerprint density at radius 2 is 2.08 bits per heavy atom. The summed E-state index contributed by atoms with van der Waals surface area (Å²) in [6.07, 6.45) is 5.11. The average Bonchev–Trinajstić information content (AvgIpc) is 3.01. The summed E-state index contributed by atoms with van der Waals surface area (Å²) in [4.78, 5) is 21.0. The highest BCUT2D eigenvalue weighted by Crippen LogP contribution is 2.27. The summed E-state index contributed by atoms with van der Waals surface area (Å²) >= 11 is 6.11. The molecule has 0 fully saturated rings. The second kappa shape index (κ2) is 6.72. The normalized spacial score (nSPS) is 10.5. The highest BCUT2D eigenvalue weighted by atomic mass is 35.5. The molecule has 1 N–H and O–H groups in total. The molecule has 3 rings (SSSR count). The Bertz CT molecular complexity index is 875. The van der Waals surface area contributed by atoms with Crippen molar-refractivity contribution < 1.29 is 9.53 Å². The molecule has 2 aromatic heterocycles. The first-order valence-corrected chi connectivity index (χ1v) is 7.58. The van der Waals surface area contributed by atoms with E-state index in [1.54, 1.807) is 42.7 Å². The Morgan fingerprint density at radius 3 is 2.71 bits per heavy atom. The molecule has 0 aliphatic heterocycles. The van der Waals surface area contributed by atoms with Crippen LogP contribution in [0.3, 0.4) is 0 Å². The highest BCUT2D eigenvalue weighted by Gasteiger charge is 2.16. The first-order chi connectivity index (χ1) is 11.6. The van der Waals surface area contributed by atoms with Gasteiger partial charge < -0.3 is 10.1 Å². The fourth-order valence-electron chi connectivity index (χ4n) is 2.31. The lowest BCUT2D eigenvalue weighted by Gasteiger charge is -2.11. The standard InChI is InChI=1S/C17H15ClN4O2/c1-11-19-8-9-22(11)15-7-6-12(10-20-15)21-17(23)16-13(18)4-3-5-14(16)24-2/h3-10H,1-2H3,(H,21,23). The quantitative estimate of drug-likeness (QED) is 0.788. The number of carbonyl (C=O) groups is 1. The summed E-state index contributed by atoms with van der Waals surface area (Å²) in [6.45, 7) is 1.89. The lowest BCUT2D eigenvalue weighted by molar-refractivity contribution is 0.102. The van der Waals surface area contributed by atoms with Crippen molar-refractivity contribution in [3.05, 3.63) is 65.3 Å². The van der Waals surface area contributed by atoms with Crippen molar-refractivity contribution in [1.29, 1.82) is 0 Å². The highest BCUT2D eigenvalue weighted by molar-refractivity contribution is 6.34. The number of nitrogens with zero attached hydrogens (tertiary/aromatic N) is 3. The Balaban J connectivity index is 1.82. The maximum atomic E-state index is 12.5. The van der Waals surface area contributed by atoms with Crippen LogP contribution < -0.4 is 10.1 Å². The molecule has 2 heterocycles. The Labute approximate surface area is 144 Å². The number of ether oxygens (including phenoxy) is 1. The minimum absolute atomic E-state index is 0.288. The molecule has 0 radical (unpaired) electrons. The molecule has 0 bridgehead atoms. The molecule has 1 amide bonds. The number of aryl methyl sites for hydroxylation is 1. The van der Waals surface area contributed by atoms with Gasteiger partial charge in [-0.25, -0.2) is 9.97 Å². The van der Waals surface area contributed by atoms with Crippen molar-refractivity contribution >= 4 is 23.2 Å². The van der Waals surface area contributed by atoms with Crippen LogP contribution in [0.25, 0.3) is 5.82 Å². The van der Waals surface area contributed by atoms with Crippen LogP contribution in [0, 0.1) is 6.92 Å². The second-order valence-electron chi connectivity index (χ2n) is 5.02. The number of hydrogen-bond acceptors (Lipinski definition) is 4. The zero-order chi connectivity index (χ0) is 17.1. The van der Waals surface area contributed by atoms with Gasteiger partial charge in [-0.2, -0.15) is 0 Å². The number of anilines is 1. The van der Waals surface area contributed by atoms with Crippen LogP contribution in [0.2, 0.25) is 5.02 Å². The molecule has 122 valence electrons. The number of hydrogen-bond donors (Lipinski definition) is 1. The van der Waals surface area contributed by atoms with Crippen molar-refractivity contribution in [3.8, 4) is 11.6 Å². The lowest BCUT2D eigenvalue weighted by Crippen LogP contribution is -2.14. The SMILES string of the molecule is COc1cccc(Cl)c1C(=O)Nc1ccc(-n2ccnc2C)nc1. The molecule has 0 aliphatic carbocycles. The molecule has 0 atom stereocenters. The number of rotatable bonds is 4. The third-order valence-corrected chi connectivity index (χ3v) is 3.82. The molecular weight excluding hydrogens is 328 g/mol. The number of halogens is 1. The fraction of sp³-hybridized carbons (Fsp3) is 0.118. The predicted molar refractivity (Wildman–Crippen MR) is 92.1 cm³/mol. The third-order valence-electron chi connectivity index (χ3n) is 3.50. The number of imidazole rings is 1. The molecule has 3 aromatic rings. The van der Waals surface area contributed by atoms with E-state index in [9.17, 15) is 4.79 Å². The summed E-state index contributed by atoms with van der Waals surface area (Å²) in [5.41, 5.74) is 0.847. The van der Waals surface area contributed by atoms with Crippen molar-refractivity contribution in [2.75, 3.05) is 12.4 Å². The van der Waals surface area contributed by atoms with E-state index in [0.29, 0.717) is 16.5 Å². The van der Waals surface area contributed by atoms with E-state index in [4.69, 9.17) is 16.3 Å². The smallest absolute Gasteiger partial charge is 0.260 e. The van der Waals surface area contributed by atoms with E-state index < -0.39 is 0 Å². The summed E-state index contributed by atoms with van der Waals surface area (Å²) < 4.78 is 7.04. The molecule has 24 heavy (non-hydrogen) atoms. The number of methoxy groups -OCH3 is 1. The monoisotopic (exact) mass is 342 g/mol. The summed E-state index contributed by atoms with van der Waals surface area (Å²) in [6, 6.07) is 8.62. The minimum atomic E-state index is -0.356. The molecule has 7 heteroatoms. The molecule has 0 unspecified atom stereocenters. The van der Waals surface area contributed by atoms with E-state index in [2.05, 4.69) is 15.3 Å². The van der Waals surface area contributed by atoms with Gasteiger partial charge in [0.1, 0.15) is 23.0 Å².